The lowest BCUT2D eigenvalue weighted by Gasteiger charge is -2.29. The molecule has 0 aromatic carbocycles. The van der Waals surface area contributed by atoms with Crippen LogP contribution in [0.3, 0.4) is 0 Å². The molecule has 0 rings (SSSR count). The standard InChI is InChI=1S/C74H144N18O12/c1-12-13-14-15-16-35-63(93)82-59(43-48(4)5)71(101)86-52(29-17-23-36-75)65(95)84-57(34-22-28-41-80)70(100)91-62(46-51(10)11)74(104)92-61(45-50(8)9)73(103)88-54(31-19-25-38-77)67(97)85-56(33-21-27-40-79)69(99)90-60(44-49(6)7)72(102)87-53(30-18-24-37-76)66(96)83-55(32-20-26-39-78)68(98)89-58(64(81)94)42-47(2)3/h47-62H,12-46,75-80H2,1-11H3,(H2,81,94)(H,82,93)(H,83,96)(H,84,95)(H,85,97)(H,86,101)(H,87,102)(H,88,103)(H,89,98)(H,90,99)(H,91,100)(H,92,104)/t52-,53-,54-,55-,56-,57-,58-,59-,60-,61-,62-/m0/s1. The molecule has 0 bridgehead atoms. The number of primary amides is 1. The summed E-state index contributed by atoms with van der Waals surface area (Å²) in [5, 5.41) is 31.1. The van der Waals surface area contributed by atoms with E-state index in [1.807, 2.05) is 69.2 Å². The highest BCUT2D eigenvalue weighted by Gasteiger charge is 2.37. The molecular weight excluding hydrogens is 1330 g/mol. The summed E-state index contributed by atoms with van der Waals surface area (Å²) < 4.78 is 0. The van der Waals surface area contributed by atoms with E-state index in [9.17, 15) is 57.5 Å². The SMILES string of the molecule is CCCCCCCC(=O)N[C@@H](CC(C)C)C(=O)N[C@@H](CCCCN)C(=O)N[C@@H](CCCCN)C(=O)N[C@@H](CC(C)C)C(=O)N[C@@H](CC(C)C)C(=O)N[C@@H](CCCCN)C(=O)N[C@@H](CCCCN)C(=O)N[C@@H](CC(C)C)C(=O)N[C@@H](CCCCN)C(=O)N[C@@H](CCCCN)C(=O)N[C@@H](CC(C)C)C(N)=O. The third kappa shape index (κ3) is 44.4. The molecule has 0 fully saturated rings. The summed E-state index contributed by atoms with van der Waals surface area (Å²) in [5.74, 6) is -8.35. The van der Waals surface area contributed by atoms with Crippen molar-refractivity contribution < 1.29 is 57.5 Å². The van der Waals surface area contributed by atoms with Gasteiger partial charge >= 0.3 is 0 Å². The van der Waals surface area contributed by atoms with Crippen LogP contribution < -0.4 is 98.6 Å². The Morgan fingerprint density at radius 3 is 0.615 bits per heavy atom. The highest BCUT2D eigenvalue weighted by atomic mass is 16.2. The Bertz CT molecular complexity index is 2510. The topological polar surface area (TPSA) is 519 Å². The van der Waals surface area contributed by atoms with Gasteiger partial charge < -0.3 is 98.6 Å². The van der Waals surface area contributed by atoms with Gasteiger partial charge in [-0.3, -0.25) is 57.5 Å². The van der Waals surface area contributed by atoms with Gasteiger partial charge in [0.15, 0.2) is 0 Å². The Hall–Kier alpha value is -6.60. The summed E-state index contributed by atoms with van der Waals surface area (Å²) in [6, 6.07) is -12.8. The molecule has 0 aromatic rings. The predicted molar refractivity (Wildman–Crippen MR) is 409 cm³/mol. The minimum absolute atomic E-state index is 0.00411. The summed E-state index contributed by atoms with van der Waals surface area (Å²) in [6.45, 7) is 22.6. The average molecular weight is 1480 g/mol. The molecule has 0 spiro atoms. The number of carbonyl (C=O) groups excluding carboxylic acids is 12. The average Bonchev–Trinajstić information content (AvgIpc) is 0.855. The normalized spacial score (nSPS) is 14.7. The molecule has 25 N–H and O–H groups in total. The molecule has 0 aliphatic rings. The molecule has 11 atom stereocenters. The van der Waals surface area contributed by atoms with Gasteiger partial charge in [0.1, 0.15) is 66.5 Å². The fourth-order valence-corrected chi connectivity index (χ4v) is 12.0. The molecule has 602 valence electrons. The molecule has 0 saturated heterocycles. The van der Waals surface area contributed by atoms with Crippen LogP contribution in [-0.4, -0.2) is 177 Å². The predicted octanol–water partition coefficient (Wildman–Crippen LogP) is 2.17. The van der Waals surface area contributed by atoms with E-state index in [1.54, 1.807) is 0 Å². The second-order valence-corrected chi connectivity index (χ2v) is 30.2. The van der Waals surface area contributed by atoms with E-state index in [0.29, 0.717) is 116 Å². The van der Waals surface area contributed by atoms with Crippen LogP contribution in [0.2, 0.25) is 0 Å². The maximum Gasteiger partial charge on any atom is 0.243 e. The van der Waals surface area contributed by atoms with Crippen LogP contribution in [0.15, 0.2) is 0 Å². The minimum Gasteiger partial charge on any atom is -0.368 e. The molecule has 0 radical (unpaired) electrons. The molecule has 30 heteroatoms. The summed E-state index contributed by atoms with van der Waals surface area (Å²) in [7, 11) is 0. The van der Waals surface area contributed by atoms with Crippen LogP contribution in [0, 0.1) is 29.6 Å². The fraction of sp³-hybridized carbons (Fsp3) is 0.838. The van der Waals surface area contributed by atoms with Crippen molar-refractivity contribution in [3.05, 3.63) is 0 Å². The van der Waals surface area contributed by atoms with E-state index in [-0.39, 0.29) is 119 Å². The zero-order valence-electron chi connectivity index (χ0n) is 65.4. The Morgan fingerprint density at radius 2 is 0.413 bits per heavy atom. The summed E-state index contributed by atoms with van der Waals surface area (Å²) in [5.41, 5.74) is 40.8. The number of amides is 12. The highest BCUT2D eigenvalue weighted by Crippen LogP contribution is 2.17. The molecule has 30 nitrogen and oxygen atoms in total. The molecular formula is C74H144N18O12. The van der Waals surface area contributed by atoms with E-state index >= 15 is 0 Å². The van der Waals surface area contributed by atoms with Crippen molar-refractivity contribution >= 4 is 70.9 Å². The van der Waals surface area contributed by atoms with Gasteiger partial charge in [-0.05, 0) is 223 Å². The second kappa shape index (κ2) is 57.6. The molecule has 0 unspecified atom stereocenters. The molecule has 12 amide bonds. The number of unbranched alkanes of at least 4 members (excludes halogenated alkanes) is 10. The summed E-state index contributed by atoms with van der Waals surface area (Å²) in [6.07, 6.45) is 12.0. The number of carbonyl (C=O) groups is 12. The van der Waals surface area contributed by atoms with E-state index in [4.69, 9.17) is 40.1 Å². The van der Waals surface area contributed by atoms with E-state index in [1.165, 1.54) is 0 Å². The highest BCUT2D eigenvalue weighted by molar-refractivity contribution is 5.99. The molecule has 104 heavy (non-hydrogen) atoms. The molecule has 0 aromatic heterocycles. The quantitative estimate of drug-likeness (QED) is 0.0388. The van der Waals surface area contributed by atoms with Gasteiger partial charge in [0, 0.05) is 6.42 Å². The van der Waals surface area contributed by atoms with Gasteiger partial charge in [-0.25, -0.2) is 0 Å². The van der Waals surface area contributed by atoms with Crippen molar-refractivity contribution in [3.8, 4) is 0 Å². The monoisotopic (exact) mass is 1480 g/mol. The molecule has 0 heterocycles. The fourth-order valence-electron chi connectivity index (χ4n) is 12.0. The first-order valence-corrected chi connectivity index (χ1v) is 39.2. The lowest BCUT2D eigenvalue weighted by molar-refractivity contribution is -0.136. The van der Waals surface area contributed by atoms with Gasteiger partial charge in [0.25, 0.3) is 0 Å². The van der Waals surface area contributed by atoms with Crippen LogP contribution in [0.5, 0.6) is 0 Å². The largest absolute Gasteiger partial charge is 0.368 e. The maximum absolute atomic E-state index is 14.7. The first kappa shape index (κ1) is 97.4. The Balaban J connectivity index is 7.20. The van der Waals surface area contributed by atoms with Gasteiger partial charge in [-0.2, -0.15) is 0 Å². The Morgan fingerprint density at radius 1 is 0.231 bits per heavy atom. The minimum atomic E-state index is -1.27. The number of rotatable bonds is 62. The first-order chi connectivity index (χ1) is 49.3. The van der Waals surface area contributed by atoms with Gasteiger partial charge in [-0.15, -0.1) is 0 Å². The molecule has 0 saturated carbocycles. The molecule has 0 aliphatic heterocycles. The zero-order valence-corrected chi connectivity index (χ0v) is 65.4. The second-order valence-electron chi connectivity index (χ2n) is 30.2. The Kier molecular flexibility index (Phi) is 54.0. The number of nitrogens with two attached hydrogens (primary N) is 7. The van der Waals surface area contributed by atoms with Crippen molar-refractivity contribution in [2.24, 2.45) is 69.7 Å². The van der Waals surface area contributed by atoms with Crippen molar-refractivity contribution in [1.82, 2.24) is 58.5 Å². The van der Waals surface area contributed by atoms with Crippen molar-refractivity contribution in [2.75, 3.05) is 39.3 Å². The van der Waals surface area contributed by atoms with E-state index in [2.05, 4.69) is 65.4 Å². The van der Waals surface area contributed by atoms with Gasteiger partial charge in [0.05, 0.1) is 0 Å². The van der Waals surface area contributed by atoms with Gasteiger partial charge in [0.2, 0.25) is 70.9 Å². The smallest absolute Gasteiger partial charge is 0.243 e. The lowest BCUT2D eigenvalue weighted by atomic mass is 9.98. The summed E-state index contributed by atoms with van der Waals surface area (Å²) in [4.78, 5) is 170. The van der Waals surface area contributed by atoms with Crippen molar-refractivity contribution in [3.63, 3.8) is 0 Å². The van der Waals surface area contributed by atoms with Crippen LogP contribution in [-0.2, 0) is 57.5 Å². The zero-order chi connectivity index (χ0) is 78.7. The number of hydrogen-bond donors (Lipinski definition) is 18. The van der Waals surface area contributed by atoms with Crippen LogP contribution in [0.25, 0.3) is 0 Å². The lowest BCUT2D eigenvalue weighted by Crippen LogP contribution is -2.61. The molecule has 0 aliphatic carbocycles. The van der Waals surface area contributed by atoms with Crippen LogP contribution in [0.4, 0.5) is 0 Å². The third-order valence-corrected chi connectivity index (χ3v) is 17.7. The van der Waals surface area contributed by atoms with Crippen LogP contribution in [0.1, 0.15) is 262 Å². The number of nitrogens with one attached hydrogen (secondary N) is 11. The van der Waals surface area contributed by atoms with Crippen LogP contribution >= 0.6 is 0 Å². The number of hydrogen-bond acceptors (Lipinski definition) is 18. The van der Waals surface area contributed by atoms with E-state index in [0.717, 1.165) is 25.7 Å². The summed E-state index contributed by atoms with van der Waals surface area (Å²) >= 11 is 0. The van der Waals surface area contributed by atoms with Crippen molar-refractivity contribution in [1.29, 1.82) is 0 Å². The maximum atomic E-state index is 14.7. The first-order valence-electron chi connectivity index (χ1n) is 39.2. The third-order valence-electron chi connectivity index (χ3n) is 17.7. The van der Waals surface area contributed by atoms with E-state index < -0.39 is 131 Å². The van der Waals surface area contributed by atoms with Crippen molar-refractivity contribution in [2.45, 2.75) is 329 Å². The van der Waals surface area contributed by atoms with Gasteiger partial charge in [-0.1, -0.05) is 102 Å². The Labute approximate surface area is 622 Å².